The topological polar surface area (TPSA) is 15.3 Å². The molecular weight excluding hydrogens is 196 g/mol. The van der Waals surface area contributed by atoms with E-state index in [1.54, 1.807) is 0 Å². The quantitative estimate of drug-likeness (QED) is 0.746. The van der Waals surface area contributed by atoms with E-state index in [-0.39, 0.29) is 0 Å². The maximum Gasteiger partial charge on any atom is 0.00695 e. The molecule has 1 aliphatic carbocycles. The molecule has 2 nitrogen and oxygen atoms in total. The van der Waals surface area contributed by atoms with E-state index in [1.807, 2.05) is 0 Å². The van der Waals surface area contributed by atoms with Gasteiger partial charge in [-0.2, -0.15) is 0 Å². The number of hydrogen-bond donors (Lipinski definition) is 1. The maximum atomic E-state index is 3.53. The van der Waals surface area contributed by atoms with Crippen LogP contribution in [0.2, 0.25) is 0 Å². The molecule has 2 aliphatic rings. The van der Waals surface area contributed by atoms with Gasteiger partial charge in [-0.3, -0.25) is 0 Å². The van der Waals surface area contributed by atoms with Crippen molar-refractivity contribution < 1.29 is 0 Å². The van der Waals surface area contributed by atoms with E-state index in [2.05, 4.69) is 24.1 Å². The summed E-state index contributed by atoms with van der Waals surface area (Å²) in [5, 5.41) is 3.53. The largest absolute Gasteiger partial charge is 0.316 e. The molecule has 1 N–H and O–H groups in total. The van der Waals surface area contributed by atoms with Crippen LogP contribution in [0.1, 0.15) is 46.0 Å². The van der Waals surface area contributed by atoms with E-state index in [4.69, 9.17) is 0 Å². The molecule has 0 amide bonds. The summed E-state index contributed by atoms with van der Waals surface area (Å²) in [5.41, 5.74) is 0. The van der Waals surface area contributed by atoms with Crippen LogP contribution in [0.25, 0.3) is 0 Å². The maximum absolute atomic E-state index is 3.53. The molecular formula is C14H28N2. The highest BCUT2D eigenvalue weighted by Crippen LogP contribution is 2.34. The second kappa shape index (κ2) is 6.02. The minimum atomic E-state index is 0.805. The van der Waals surface area contributed by atoms with Crippen LogP contribution in [-0.4, -0.2) is 37.1 Å². The third kappa shape index (κ3) is 3.74. The fourth-order valence-electron chi connectivity index (χ4n) is 3.02. The van der Waals surface area contributed by atoms with E-state index in [0.29, 0.717) is 0 Å². The Morgan fingerprint density at radius 3 is 2.62 bits per heavy atom. The summed E-state index contributed by atoms with van der Waals surface area (Å²) in [6.07, 6.45) is 7.23. The van der Waals surface area contributed by atoms with Crippen LogP contribution in [0.4, 0.5) is 0 Å². The van der Waals surface area contributed by atoms with Crippen molar-refractivity contribution in [3.8, 4) is 0 Å². The third-order valence-electron chi connectivity index (χ3n) is 4.29. The number of nitrogens with zero attached hydrogens (tertiary/aromatic N) is 1. The molecule has 1 saturated carbocycles. The molecule has 2 rings (SSSR count). The van der Waals surface area contributed by atoms with Gasteiger partial charge >= 0.3 is 0 Å². The molecule has 0 aromatic rings. The van der Waals surface area contributed by atoms with Gasteiger partial charge in [0.25, 0.3) is 0 Å². The van der Waals surface area contributed by atoms with Gasteiger partial charge in [0.2, 0.25) is 0 Å². The zero-order valence-corrected chi connectivity index (χ0v) is 11.0. The number of rotatable bonds is 6. The van der Waals surface area contributed by atoms with Gasteiger partial charge in [-0.15, -0.1) is 0 Å². The van der Waals surface area contributed by atoms with Crippen molar-refractivity contribution in [2.45, 2.75) is 52.0 Å². The van der Waals surface area contributed by atoms with Crippen molar-refractivity contribution in [1.82, 2.24) is 10.2 Å². The molecule has 1 aliphatic heterocycles. The van der Waals surface area contributed by atoms with Crippen LogP contribution in [0, 0.1) is 11.8 Å². The highest BCUT2D eigenvalue weighted by molar-refractivity contribution is 4.81. The highest BCUT2D eigenvalue weighted by atomic mass is 15.1. The molecule has 0 aromatic carbocycles. The first-order valence-corrected chi connectivity index (χ1v) is 7.24. The van der Waals surface area contributed by atoms with Crippen LogP contribution in [0.15, 0.2) is 0 Å². The van der Waals surface area contributed by atoms with E-state index in [9.17, 15) is 0 Å². The lowest BCUT2D eigenvalue weighted by Gasteiger charge is -2.33. The van der Waals surface area contributed by atoms with Gasteiger partial charge in [-0.1, -0.05) is 19.8 Å². The normalized spacial score (nSPS) is 28.3. The predicted molar refractivity (Wildman–Crippen MR) is 69.6 cm³/mol. The fourth-order valence-corrected chi connectivity index (χ4v) is 3.02. The summed E-state index contributed by atoms with van der Waals surface area (Å²) in [6, 6.07) is 0.805. The smallest absolute Gasteiger partial charge is 0.00695 e. The Labute approximate surface area is 101 Å². The molecule has 0 spiro atoms. The monoisotopic (exact) mass is 224 g/mol. The van der Waals surface area contributed by atoms with Crippen LogP contribution in [0.3, 0.4) is 0 Å². The molecule has 2 fully saturated rings. The molecule has 94 valence electrons. The Morgan fingerprint density at radius 1 is 1.25 bits per heavy atom. The van der Waals surface area contributed by atoms with Crippen molar-refractivity contribution in [3.63, 3.8) is 0 Å². The minimum Gasteiger partial charge on any atom is -0.316 e. The van der Waals surface area contributed by atoms with E-state index in [0.717, 1.165) is 17.9 Å². The Hall–Kier alpha value is -0.0800. The Kier molecular flexibility index (Phi) is 4.66. The zero-order valence-electron chi connectivity index (χ0n) is 11.0. The zero-order chi connectivity index (χ0) is 11.4. The first-order valence-electron chi connectivity index (χ1n) is 7.24. The molecule has 0 bridgehead atoms. The molecule has 2 heteroatoms. The molecule has 1 heterocycles. The molecule has 0 aromatic heterocycles. The van der Waals surface area contributed by atoms with E-state index >= 15 is 0 Å². The van der Waals surface area contributed by atoms with Gasteiger partial charge < -0.3 is 10.2 Å². The van der Waals surface area contributed by atoms with Gasteiger partial charge in [-0.05, 0) is 57.7 Å². The minimum absolute atomic E-state index is 0.805. The van der Waals surface area contributed by atoms with Gasteiger partial charge in [0.05, 0.1) is 0 Å². The van der Waals surface area contributed by atoms with Crippen LogP contribution >= 0.6 is 0 Å². The van der Waals surface area contributed by atoms with Crippen molar-refractivity contribution in [1.29, 1.82) is 0 Å². The number of nitrogens with one attached hydrogen (secondary N) is 1. The van der Waals surface area contributed by atoms with Gasteiger partial charge in [0, 0.05) is 12.6 Å². The van der Waals surface area contributed by atoms with Gasteiger partial charge in [-0.25, -0.2) is 0 Å². The predicted octanol–water partition coefficient (Wildman–Crippen LogP) is 2.50. The lowest BCUT2D eigenvalue weighted by molar-refractivity contribution is 0.160. The SMILES string of the molecule is CCN(CC1CCCNC1)C(C)CC1CC1. The van der Waals surface area contributed by atoms with Crippen molar-refractivity contribution >= 4 is 0 Å². The van der Waals surface area contributed by atoms with Gasteiger partial charge in [0.1, 0.15) is 0 Å². The van der Waals surface area contributed by atoms with Crippen molar-refractivity contribution in [3.05, 3.63) is 0 Å². The number of piperidine rings is 1. The summed E-state index contributed by atoms with van der Waals surface area (Å²) in [5.74, 6) is 1.96. The van der Waals surface area contributed by atoms with Crippen molar-refractivity contribution in [2.75, 3.05) is 26.2 Å². The van der Waals surface area contributed by atoms with Crippen molar-refractivity contribution in [2.24, 2.45) is 11.8 Å². The highest BCUT2D eigenvalue weighted by Gasteiger charge is 2.27. The fraction of sp³-hybridized carbons (Fsp3) is 1.00. The standard InChI is InChI=1S/C14H28N2/c1-3-16(12(2)9-13-6-7-13)11-14-5-4-8-15-10-14/h12-15H,3-11H2,1-2H3. The summed E-state index contributed by atoms with van der Waals surface area (Å²) in [6.45, 7) is 9.77. The third-order valence-corrected chi connectivity index (χ3v) is 4.29. The molecule has 2 unspecified atom stereocenters. The Bertz CT molecular complexity index is 195. The molecule has 2 atom stereocenters. The second-order valence-electron chi connectivity index (χ2n) is 5.83. The number of hydrogen-bond acceptors (Lipinski definition) is 2. The molecule has 16 heavy (non-hydrogen) atoms. The average molecular weight is 224 g/mol. The second-order valence-corrected chi connectivity index (χ2v) is 5.83. The molecule has 1 saturated heterocycles. The molecule has 0 radical (unpaired) electrons. The Morgan fingerprint density at radius 2 is 2.06 bits per heavy atom. The summed E-state index contributed by atoms with van der Waals surface area (Å²) in [4.78, 5) is 2.70. The van der Waals surface area contributed by atoms with Gasteiger partial charge in [0.15, 0.2) is 0 Å². The summed E-state index contributed by atoms with van der Waals surface area (Å²) < 4.78 is 0. The summed E-state index contributed by atoms with van der Waals surface area (Å²) in [7, 11) is 0. The van der Waals surface area contributed by atoms with Crippen LogP contribution < -0.4 is 5.32 Å². The first-order chi connectivity index (χ1) is 7.79. The van der Waals surface area contributed by atoms with E-state index < -0.39 is 0 Å². The Balaban J connectivity index is 1.73. The summed E-state index contributed by atoms with van der Waals surface area (Å²) >= 11 is 0. The lowest BCUT2D eigenvalue weighted by atomic mass is 9.98. The average Bonchev–Trinajstić information content (AvgIpc) is 3.11. The van der Waals surface area contributed by atoms with E-state index in [1.165, 1.54) is 58.3 Å². The van der Waals surface area contributed by atoms with Crippen LogP contribution in [0.5, 0.6) is 0 Å². The lowest BCUT2D eigenvalue weighted by Crippen LogP contribution is -2.42. The van der Waals surface area contributed by atoms with Crippen LogP contribution in [-0.2, 0) is 0 Å². The first kappa shape index (κ1) is 12.4.